The van der Waals surface area contributed by atoms with Crippen LogP contribution in [0.5, 0.6) is 5.75 Å². The molecule has 2 rings (SSSR count). The van der Waals surface area contributed by atoms with Crippen LogP contribution in [0, 0.1) is 0 Å². The van der Waals surface area contributed by atoms with Crippen LogP contribution in [0.1, 0.15) is 10.4 Å². The van der Waals surface area contributed by atoms with Gasteiger partial charge in [-0.25, -0.2) is 4.79 Å². The van der Waals surface area contributed by atoms with E-state index in [1.54, 1.807) is 24.3 Å². The molecule has 0 unspecified atom stereocenters. The second-order valence-electron chi connectivity index (χ2n) is 2.66. The van der Waals surface area contributed by atoms with Crippen LogP contribution in [-0.4, -0.2) is 13.1 Å². The fourth-order valence-corrected chi connectivity index (χ4v) is 1.14. The Kier molecular flexibility index (Phi) is 2.10. The second-order valence-corrected chi connectivity index (χ2v) is 2.66. The molecule has 4 nitrogen and oxygen atoms in total. The zero-order valence-corrected chi connectivity index (χ0v) is 7.52. The lowest BCUT2D eigenvalue weighted by Crippen LogP contribution is -2.16. The third-order valence-electron chi connectivity index (χ3n) is 1.72. The first-order valence-corrected chi connectivity index (χ1v) is 4.03. The lowest BCUT2D eigenvalue weighted by atomic mass is 10.2. The predicted molar refractivity (Wildman–Crippen MR) is 47.6 cm³/mol. The third-order valence-corrected chi connectivity index (χ3v) is 1.72. The lowest BCUT2D eigenvalue weighted by Gasteiger charge is -2.17. The number of ether oxygens (including phenoxy) is 3. The molecule has 0 radical (unpaired) electrons. The fourth-order valence-electron chi connectivity index (χ4n) is 1.14. The topological polar surface area (TPSA) is 44.8 Å². The summed E-state index contributed by atoms with van der Waals surface area (Å²) in [6.07, 6.45) is 1.23. The quantitative estimate of drug-likeness (QED) is 0.501. The van der Waals surface area contributed by atoms with Gasteiger partial charge in [-0.1, -0.05) is 12.1 Å². The van der Waals surface area contributed by atoms with Crippen molar-refractivity contribution in [2.24, 2.45) is 0 Å². The number of carbonyl (C=O) groups excluding carboxylic acids is 1. The number of cyclic esters (lactones) is 1. The Morgan fingerprint density at radius 3 is 2.86 bits per heavy atom. The number of hydrogen-bond donors (Lipinski definition) is 0. The van der Waals surface area contributed by atoms with Gasteiger partial charge in [0.1, 0.15) is 11.3 Å². The normalized spacial score (nSPS) is 16.9. The summed E-state index contributed by atoms with van der Waals surface area (Å²) in [4.78, 5) is 11.4. The molecular weight excluding hydrogens is 184 g/mol. The molecule has 1 aliphatic heterocycles. The van der Waals surface area contributed by atoms with E-state index < -0.39 is 5.97 Å². The highest BCUT2D eigenvalue weighted by molar-refractivity contribution is 5.94. The van der Waals surface area contributed by atoms with Crippen molar-refractivity contribution in [2.75, 3.05) is 7.11 Å². The number of methoxy groups -OCH3 is 1. The van der Waals surface area contributed by atoms with Crippen LogP contribution in [-0.2, 0) is 9.47 Å². The summed E-state index contributed by atoms with van der Waals surface area (Å²) in [6.45, 7) is 0. The third kappa shape index (κ3) is 1.42. The maximum Gasteiger partial charge on any atom is 0.349 e. The summed E-state index contributed by atoms with van der Waals surface area (Å²) >= 11 is 0. The number of fused-ring (bicyclic) bond motifs is 1. The Bertz CT molecular complexity index is 395. The van der Waals surface area contributed by atoms with Crippen molar-refractivity contribution in [3.8, 4) is 5.75 Å². The van der Waals surface area contributed by atoms with E-state index in [9.17, 15) is 4.79 Å². The van der Waals surface area contributed by atoms with E-state index in [2.05, 4.69) is 4.74 Å². The maximum absolute atomic E-state index is 11.4. The van der Waals surface area contributed by atoms with Crippen LogP contribution in [0.3, 0.4) is 0 Å². The molecule has 0 N–H and O–H groups in total. The van der Waals surface area contributed by atoms with E-state index in [-0.39, 0.29) is 5.95 Å². The van der Waals surface area contributed by atoms with Crippen molar-refractivity contribution in [3.63, 3.8) is 0 Å². The summed E-state index contributed by atoms with van der Waals surface area (Å²) in [5.74, 6) is 0.0957. The van der Waals surface area contributed by atoms with Gasteiger partial charge in [-0.05, 0) is 12.1 Å². The average molecular weight is 192 g/mol. The molecule has 1 aromatic rings. The van der Waals surface area contributed by atoms with Gasteiger partial charge in [-0.15, -0.1) is 0 Å². The average Bonchev–Trinajstić information content (AvgIpc) is 2.18. The van der Waals surface area contributed by atoms with E-state index in [0.29, 0.717) is 11.3 Å². The van der Waals surface area contributed by atoms with Crippen LogP contribution in [0.2, 0.25) is 0 Å². The SMILES string of the molecule is CO/C=C1/OC(=O)c2ccccc2O1. The van der Waals surface area contributed by atoms with Crippen molar-refractivity contribution < 1.29 is 19.0 Å². The number of benzene rings is 1. The largest absolute Gasteiger partial charge is 0.497 e. The maximum atomic E-state index is 11.4. The molecule has 0 fully saturated rings. The smallest absolute Gasteiger partial charge is 0.349 e. The molecular formula is C10H8O4. The Labute approximate surface area is 80.7 Å². The number of carbonyl (C=O) groups is 1. The van der Waals surface area contributed by atoms with Gasteiger partial charge in [0.05, 0.1) is 7.11 Å². The van der Waals surface area contributed by atoms with Crippen molar-refractivity contribution in [1.82, 2.24) is 0 Å². The summed E-state index contributed by atoms with van der Waals surface area (Å²) < 4.78 is 14.7. The molecule has 0 bridgehead atoms. The summed E-state index contributed by atoms with van der Waals surface area (Å²) in [5.41, 5.74) is 0.417. The van der Waals surface area contributed by atoms with E-state index in [4.69, 9.17) is 9.47 Å². The minimum absolute atomic E-state index is 0.0520. The number of esters is 1. The Hall–Kier alpha value is -1.97. The van der Waals surface area contributed by atoms with Gasteiger partial charge in [-0.3, -0.25) is 0 Å². The first kappa shape index (κ1) is 8.62. The van der Waals surface area contributed by atoms with Gasteiger partial charge in [0.2, 0.25) is 0 Å². The van der Waals surface area contributed by atoms with Crippen molar-refractivity contribution in [3.05, 3.63) is 42.0 Å². The van der Waals surface area contributed by atoms with E-state index in [0.717, 1.165) is 0 Å². The summed E-state index contributed by atoms with van der Waals surface area (Å²) in [6, 6.07) is 6.86. The van der Waals surface area contributed by atoms with Crippen LogP contribution in [0.4, 0.5) is 0 Å². The second kappa shape index (κ2) is 3.41. The van der Waals surface area contributed by atoms with Crippen LogP contribution in [0.15, 0.2) is 36.5 Å². The summed E-state index contributed by atoms with van der Waals surface area (Å²) in [5, 5.41) is 0. The van der Waals surface area contributed by atoms with Crippen molar-refractivity contribution >= 4 is 5.97 Å². The monoisotopic (exact) mass is 192 g/mol. The molecule has 0 spiro atoms. The van der Waals surface area contributed by atoms with Gasteiger partial charge < -0.3 is 14.2 Å². The van der Waals surface area contributed by atoms with Crippen molar-refractivity contribution in [2.45, 2.75) is 0 Å². The highest BCUT2D eigenvalue weighted by Gasteiger charge is 2.23. The number of rotatable bonds is 1. The Balaban J connectivity index is 2.38. The molecule has 1 heterocycles. The van der Waals surface area contributed by atoms with E-state index in [1.807, 2.05) is 0 Å². The number of para-hydroxylation sites is 1. The highest BCUT2D eigenvalue weighted by atomic mass is 16.7. The standard InChI is InChI=1S/C10H8O4/c1-12-6-9-13-8-5-3-2-4-7(8)10(11)14-9/h2-6H,1H3/b9-6+. The molecule has 72 valence electrons. The molecule has 0 atom stereocenters. The predicted octanol–water partition coefficient (Wildman–Crippen LogP) is 1.68. The molecule has 0 aliphatic carbocycles. The Morgan fingerprint density at radius 1 is 1.29 bits per heavy atom. The molecule has 0 aromatic heterocycles. The minimum atomic E-state index is -0.435. The van der Waals surface area contributed by atoms with Gasteiger partial charge in [0.25, 0.3) is 0 Å². The minimum Gasteiger partial charge on any atom is -0.497 e. The molecule has 1 aliphatic rings. The first-order valence-electron chi connectivity index (χ1n) is 4.03. The van der Waals surface area contributed by atoms with E-state index in [1.165, 1.54) is 13.4 Å². The fraction of sp³-hybridized carbons (Fsp3) is 0.100. The lowest BCUT2D eigenvalue weighted by molar-refractivity contribution is 0.0373. The zero-order valence-electron chi connectivity index (χ0n) is 7.52. The molecule has 0 amide bonds. The zero-order chi connectivity index (χ0) is 9.97. The Morgan fingerprint density at radius 2 is 2.07 bits per heavy atom. The van der Waals surface area contributed by atoms with Gasteiger partial charge in [-0.2, -0.15) is 0 Å². The number of hydrogen-bond acceptors (Lipinski definition) is 4. The molecule has 14 heavy (non-hydrogen) atoms. The molecule has 1 aromatic carbocycles. The van der Waals surface area contributed by atoms with Crippen LogP contribution in [0.25, 0.3) is 0 Å². The molecule has 4 heteroatoms. The van der Waals surface area contributed by atoms with Gasteiger partial charge in [0.15, 0.2) is 6.26 Å². The first-order chi connectivity index (χ1) is 6.81. The molecule has 0 saturated heterocycles. The molecule has 0 saturated carbocycles. The van der Waals surface area contributed by atoms with Gasteiger partial charge in [0, 0.05) is 0 Å². The highest BCUT2D eigenvalue weighted by Crippen LogP contribution is 2.26. The van der Waals surface area contributed by atoms with Crippen LogP contribution < -0.4 is 4.74 Å². The van der Waals surface area contributed by atoms with Crippen LogP contribution >= 0.6 is 0 Å². The van der Waals surface area contributed by atoms with E-state index >= 15 is 0 Å². The van der Waals surface area contributed by atoms with Gasteiger partial charge >= 0.3 is 11.9 Å². The summed E-state index contributed by atoms with van der Waals surface area (Å²) in [7, 11) is 1.45. The van der Waals surface area contributed by atoms with Crippen molar-refractivity contribution in [1.29, 1.82) is 0 Å².